The zero-order chi connectivity index (χ0) is 20.8. The Balaban J connectivity index is 1.74. The highest BCUT2D eigenvalue weighted by atomic mass is 16.5. The number of aromatic nitrogens is 2. The Kier molecular flexibility index (Phi) is 6.33. The van der Waals surface area contributed by atoms with Gasteiger partial charge in [-0.15, -0.1) is 5.10 Å². The van der Waals surface area contributed by atoms with Crippen molar-refractivity contribution in [1.29, 1.82) is 0 Å². The molecule has 0 aliphatic rings. The fraction of sp³-hybridized carbons (Fsp3) is 0.286. The van der Waals surface area contributed by atoms with Crippen LogP contribution in [0.1, 0.15) is 18.1 Å². The molecule has 0 saturated heterocycles. The average Bonchev–Trinajstić information content (AvgIpc) is 3.21. The molecule has 29 heavy (non-hydrogen) atoms. The Hall–Kier alpha value is -3.55. The van der Waals surface area contributed by atoms with Gasteiger partial charge in [-0.05, 0) is 29.7 Å². The van der Waals surface area contributed by atoms with Gasteiger partial charge in [-0.25, -0.2) is 0 Å². The van der Waals surface area contributed by atoms with Crippen LogP contribution in [0.2, 0.25) is 0 Å². The highest BCUT2D eigenvalue weighted by Gasteiger charge is 2.18. The third-order valence-electron chi connectivity index (χ3n) is 4.38. The zero-order valence-corrected chi connectivity index (χ0v) is 16.8. The summed E-state index contributed by atoms with van der Waals surface area (Å²) in [6, 6.07) is 11.3. The van der Waals surface area contributed by atoms with Crippen molar-refractivity contribution in [3.05, 3.63) is 47.5 Å². The first-order chi connectivity index (χ1) is 14.1. The largest absolute Gasteiger partial charge is 0.493 e. The number of aryl methyl sites for hydroxylation is 1. The molecule has 1 heterocycles. The van der Waals surface area contributed by atoms with Gasteiger partial charge in [0.2, 0.25) is 17.5 Å². The van der Waals surface area contributed by atoms with E-state index in [1.54, 1.807) is 12.1 Å². The molecule has 8 nitrogen and oxygen atoms in total. The van der Waals surface area contributed by atoms with Gasteiger partial charge in [-0.2, -0.15) is 0 Å². The van der Waals surface area contributed by atoms with Gasteiger partial charge in [0.15, 0.2) is 11.5 Å². The predicted octanol–water partition coefficient (Wildman–Crippen LogP) is 3.51. The summed E-state index contributed by atoms with van der Waals surface area (Å²) in [4.78, 5) is 12.3. The van der Waals surface area contributed by atoms with Crippen LogP contribution in [0.3, 0.4) is 0 Å². The number of nitrogens with zero attached hydrogens (tertiary/aromatic N) is 2. The monoisotopic (exact) mass is 397 g/mol. The molecule has 0 bridgehead atoms. The van der Waals surface area contributed by atoms with Gasteiger partial charge in [0.25, 0.3) is 0 Å². The number of amides is 1. The van der Waals surface area contributed by atoms with Crippen LogP contribution in [0.15, 0.2) is 40.8 Å². The molecule has 2 aromatic carbocycles. The maximum Gasteiger partial charge on any atom is 0.322 e. The number of rotatable bonds is 8. The van der Waals surface area contributed by atoms with E-state index in [1.165, 1.54) is 26.9 Å². The molecule has 0 spiro atoms. The first-order valence-electron chi connectivity index (χ1n) is 9.09. The van der Waals surface area contributed by atoms with E-state index in [-0.39, 0.29) is 24.2 Å². The smallest absolute Gasteiger partial charge is 0.322 e. The lowest BCUT2D eigenvalue weighted by Crippen LogP contribution is -2.14. The lowest BCUT2D eigenvalue weighted by molar-refractivity contribution is -0.115. The molecule has 0 aliphatic heterocycles. The van der Waals surface area contributed by atoms with Crippen LogP contribution in [0, 0.1) is 0 Å². The summed E-state index contributed by atoms with van der Waals surface area (Å²) in [5.74, 6) is 1.35. The summed E-state index contributed by atoms with van der Waals surface area (Å²) in [6.07, 6.45) is 1.17. The fourth-order valence-corrected chi connectivity index (χ4v) is 2.84. The van der Waals surface area contributed by atoms with E-state index >= 15 is 0 Å². The third kappa shape index (κ3) is 4.66. The number of carbonyl (C=O) groups excluding carboxylic acids is 1. The van der Waals surface area contributed by atoms with Gasteiger partial charge in [-0.1, -0.05) is 36.3 Å². The molecule has 0 saturated carbocycles. The van der Waals surface area contributed by atoms with E-state index in [2.05, 4.69) is 22.4 Å². The maximum absolute atomic E-state index is 12.3. The van der Waals surface area contributed by atoms with Crippen molar-refractivity contribution in [3.63, 3.8) is 0 Å². The van der Waals surface area contributed by atoms with Crippen LogP contribution in [0.4, 0.5) is 6.01 Å². The van der Waals surface area contributed by atoms with Crippen LogP contribution >= 0.6 is 0 Å². The van der Waals surface area contributed by atoms with Crippen molar-refractivity contribution < 1.29 is 23.4 Å². The summed E-state index contributed by atoms with van der Waals surface area (Å²) < 4.78 is 21.5. The normalized spacial score (nSPS) is 10.5. The summed E-state index contributed by atoms with van der Waals surface area (Å²) in [6.45, 7) is 2.09. The molecule has 1 amide bonds. The van der Waals surface area contributed by atoms with Gasteiger partial charge >= 0.3 is 6.01 Å². The topological polar surface area (TPSA) is 95.7 Å². The van der Waals surface area contributed by atoms with Crippen LogP contribution in [0.25, 0.3) is 11.5 Å². The van der Waals surface area contributed by atoms with E-state index < -0.39 is 0 Å². The minimum atomic E-state index is -0.241. The summed E-state index contributed by atoms with van der Waals surface area (Å²) in [5, 5.41) is 10.5. The maximum atomic E-state index is 12.3. The third-order valence-corrected chi connectivity index (χ3v) is 4.38. The van der Waals surface area contributed by atoms with E-state index in [1.807, 2.05) is 24.3 Å². The summed E-state index contributed by atoms with van der Waals surface area (Å²) in [7, 11) is 4.57. The van der Waals surface area contributed by atoms with Crippen LogP contribution in [0.5, 0.6) is 17.2 Å². The average molecular weight is 397 g/mol. The lowest BCUT2D eigenvalue weighted by atomic mass is 10.1. The number of hydrogen-bond acceptors (Lipinski definition) is 7. The Labute approximate surface area is 168 Å². The molecule has 0 fully saturated rings. The second kappa shape index (κ2) is 9.09. The Morgan fingerprint density at radius 1 is 0.966 bits per heavy atom. The van der Waals surface area contributed by atoms with Gasteiger partial charge in [0.05, 0.1) is 27.8 Å². The first-order valence-corrected chi connectivity index (χ1v) is 9.09. The SMILES string of the molecule is CCc1ccc(CC(=O)Nc2nnc(-c3cc(OC)c(OC)c(OC)c3)o2)cc1. The predicted molar refractivity (Wildman–Crippen MR) is 108 cm³/mol. The molecular formula is C21H23N3O5. The molecule has 0 radical (unpaired) electrons. The number of ether oxygens (including phenoxy) is 3. The van der Waals surface area contributed by atoms with Gasteiger partial charge in [0.1, 0.15) is 0 Å². The van der Waals surface area contributed by atoms with Crippen LogP contribution < -0.4 is 19.5 Å². The van der Waals surface area contributed by atoms with E-state index in [9.17, 15) is 4.79 Å². The fourth-order valence-electron chi connectivity index (χ4n) is 2.84. The van der Waals surface area contributed by atoms with Crippen molar-refractivity contribution >= 4 is 11.9 Å². The van der Waals surface area contributed by atoms with Crippen molar-refractivity contribution in [2.45, 2.75) is 19.8 Å². The van der Waals surface area contributed by atoms with E-state index in [0.29, 0.717) is 22.8 Å². The molecule has 1 aromatic heterocycles. The van der Waals surface area contributed by atoms with E-state index in [4.69, 9.17) is 18.6 Å². The molecule has 0 unspecified atom stereocenters. The van der Waals surface area contributed by atoms with Crippen LogP contribution in [-0.4, -0.2) is 37.4 Å². The highest BCUT2D eigenvalue weighted by molar-refractivity contribution is 5.90. The zero-order valence-electron chi connectivity index (χ0n) is 16.8. The first kappa shape index (κ1) is 20.2. The lowest BCUT2D eigenvalue weighted by Gasteiger charge is -2.12. The molecule has 3 rings (SSSR count). The number of anilines is 1. The van der Waals surface area contributed by atoms with Crippen molar-refractivity contribution in [1.82, 2.24) is 10.2 Å². The minimum Gasteiger partial charge on any atom is -0.493 e. The standard InChI is InChI=1S/C21H23N3O5/c1-5-13-6-8-14(9-7-13)10-18(25)22-21-24-23-20(29-21)15-11-16(26-2)19(28-4)17(12-15)27-3/h6-9,11-12H,5,10H2,1-4H3,(H,22,24,25). The molecule has 0 aliphatic carbocycles. The van der Waals surface area contributed by atoms with E-state index in [0.717, 1.165) is 12.0 Å². The van der Waals surface area contributed by atoms with Gasteiger partial charge in [-0.3, -0.25) is 10.1 Å². The minimum absolute atomic E-state index is 0.0175. The second-order valence-electron chi connectivity index (χ2n) is 6.22. The molecule has 0 atom stereocenters. The van der Waals surface area contributed by atoms with Crippen molar-refractivity contribution in [3.8, 4) is 28.7 Å². The van der Waals surface area contributed by atoms with Crippen LogP contribution in [-0.2, 0) is 17.6 Å². The molecule has 1 N–H and O–H groups in total. The molecule has 3 aromatic rings. The second-order valence-corrected chi connectivity index (χ2v) is 6.22. The number of nitrogens with one attached hydrogen (secondary N) is 1. The highest BCUT2D eigenvalue weighted by Crippen LogP contribution is 2.41. The molecule has 152 valence electrons. The number of methoxy groups -OCH3 is 3. The summed E-state index contributed by atoms with van der Waals surface area (Å²) in [5.41, 5.74) is 2.70. The van der Waals surface area contributed by atoms with Gasteiger partial charge in [0, 0.05) is 5.56 Å². The Bertz CT molecular complexity index is 957. The quantitative estimate of drug-likeness (QED) is 0.621. The number of benzene rings is 2. The van der Waals surface area contributed by atoms with Gasteiger partial charge < -0.3 is 18.6 Å². The van der Waals surface area contributed by atoms with Crippen molar-refractivity contribution in [2.75, 3.05) is 26.6 Å². The Morgan fingerprint density at radius 3 is 2.14 bits per heavy atom. The molecule has 8 heteroatoms. The van der Waals surface area contributed by atoms with Crippen molar-refractivity contribution in [2.24, 2.45) is 0 Å². The molecular weight excluding hydrogens is 374 g/mol. The number of hydrogen-bond donors (Lipinski definition) is 1. The Morgan fingerprint density at radius 2 is 1.59 bits per heavy atom. The summed E-state index contributed by atoms with van der Waals surface area (Å²) >= 11 is 0. The number of carbonyl (C=O) groups is 1.